The van der Waals surface area contributed by atoms with Gasteiger partial charge in [0.15, 0.2) is 0 Å². The van der Waals surface area contributed by atoms with Crippen LogP contribution in [-0.4, -0.2) is 85.8 Å². The third-order valence-electron chi connectivity index (χ3n) is 5.41. The number of hydrogen-bond donors (Lipinski definition) is 0. The van der Waals surface area contributed by atoms with Crippen LogP contribution in [0.25, 0.3) is 0 Å². The lowest BCUT2D eigenvalue weighted by molar-refractivity contribution is -0.0637. The molecule has 20 heavy (non-hydrogen) atoms. The van der Waals surface area contributed by atoms with Gasteiger partial charge in [-0.3, -0.25) is 9.80 Å². The van der Waals surface area contributed by atoms with Gasteiger partial charge in [-0.25, -0.2) is 0 Å². The third-order valence-corrected chi connectivity index (χ3v) is 5.41. The molecule has 0 amide bonds. The molecule has 0 bridgehead atoms. The van der Waals surface area contributed by atoms with Crippen molar-refractivity contribution in [3.63, 3.8) is 0 Å². The Morgan fingerprint density at radius 3 is 2.80 bits per heavy atom. The minimum Gasteiger partial charge on any atom is -0.374 e. The average molecular weight is 281 g/mol. The molecule has 0 saturated carbocycles. The Bertz CT molecular complexity index is 312. The lowest BCUT2D eigenvalue weighted by atomic mass is 9.95. The highest BCUT2D eigenvalue weighted by Crippen LogP contribution is 2.25. The predicted octanol–water partition coefficient (Wildman–Crippen LogP) is 1.27. The molecule has 4 heteroatoms. The van der Waals surface area contributed by atoms with Crippen molar-refractivity contribution >= 4 is 0 Å². The number of rotatable bonds is 3. The molecule has 3 fully saturated rings. The van der Waals surface area contributed by atoms with Gasteiger partial charge in [0.2, 0.25) is 0 Å². The van der Waals surface area contributed by atoms with E-state index >= 15 is 0 Å². The number of piperazine rings is 1. The quantitative estimate of drug-likeness (QED) is 0.775. The SMILES string of the molecule is CCC1CN2CCCCC2CN1CC1CN(C)CCO1. The van der Waals surface area contributed by atoms with E-state index in [2.05, 4.69) is 28.7 Å². The van der Waals surface area contributed by atoms with Crippen molar-refractivity contribution in [3.8, 4) is 0 Å². The zero-order valence-electron chi connectivity index (χ0n) is 13.3. The second kappa shape index (κ2) is 6.73. The summed E-state index contributed by atoms with van der Waals surface area (Å²) in [4.78, 5) is 7.89. The van der Waals surface area contributed by atoms with Crippen LogP contribution in [0.1, 0.15) is 32.6 Å². The van der Waals surface area contributed by atoms with Crippen molar-refractivity contribution in [3.05, 3.63) is 0 Å². The fourth-order valence-corrected chi connectivity index (χ4v) is 4.16. The van der Waals surface area contributed by atoms with E-state index in [9.17, 15) is 0 Å². The molecule has 0 aromatic heterocycles. The zero-order chi connectivity index (χ0) is 13.9. The standard InChI is InChI=1S/C16H31N3O/c1-3-14-10-18-7-5-4-6-15(18)11-19(14)13-16-12-17(2)8-9-20-16/h14-16H,3-13H2,1-2H3. The minimum atomic E-state index is 0.415. The molecular weight excluding hydrogens is 250 g/mol. The number of morpholine rings is 1. The molecule has 0 N–H and O–H groups in total. The van der Waals surface area contributed by atoms with Crippen LogP contribution in [0.2, 0.25) is 0 Å². The summed E-state index contributed by atoms with van der Waals surface area (Å²) in [5.74, 6) is 0. The molecule has 3 aliphatic rings. The summed E-state index contributed by atoms with van der Waals surface area (Å²) in [7, 11) is 2.21. The largest absolute Gasteiger partial charge is 0.374 e. The molecule has 3 atom stereocenters. The van der Waals surface area contributed by atoms with E-state index in [1.54, 1.807) is 0 Å². The van der Waals surface area contributed by atoms with Crippen molar-refractivity contribution in [1.82, 2.24) is 14.7 Å². The maximum absolute atomic E-state index is 5.98. The van der Waals surface area contributed by atoms with Crippen LogP contribution in [0.5, 0.6) is 0 Å². The molecular formula is C16H31N3O. The van der Waals surface area contributed by atoms with Gasteiger partial charge in [-0.1, -0.05) is 13.3 Å². The zero-order valence-corrected chi connectivity index (χ0v) is 13.3. The van der Waals surface area contributed by atoms with Gasteiger partial charge in [0, 0.05) is 44.8 Å². The average Bonchev–Trinajstić information content (AvgIpc) is 2.46. The van der Waals surface area contributed by atoms with Gasteiger partial charge in [-0.15, -0.1) is 0 Å². The minimum absolute atomic E-state index is 0.415. The van der Waals surface area contributed by atoms with E-state index in [-0.39, 0.29) is 0 Å². The van der Waals surface area contributed by atoms with Crippen molar-refractivity contribution in [1.29, 1.82) is 0 Å². The van der Waals surface area contributed by atoms with Gasteiger partial charge in [-0.05, 0) is 32.9 Å². The first kappa shape index (κ1) is 14.8. The summed E-state index contributed by atoms with van der Waals surface area (Å²) in [6, 6.07) is 1.55. The van der Waals surface area contributed by atoms with Gasteiger partial charge >= 0.3 is 0 Å². The summed E-state index contributed by atoms with van der Waals surface area (Å²) < 4.78 is 5.98. The topological polar surface area (TPSA) is 19.0 Å². The van der Waals surface area contributed by atoms with Crippen molar-refractivity contribution < 1.29 is 4.74 Å². The molecule has 4 nitrogen and oxygen atoms in total. The van der Waals surface area contributed by atoms with Crippen molar-refractivity contribution in [2.45, 2.75) is 50.8 Å². The fraction of sp³-hybridized carbons (Fsp3) is 1.00. The number of nitrogens with zero attached hydrogens (tertiary/aromatic N) is 3. The van der Waals surface area contributed by atoms with E-state index < -0.39 is 0 Å². The molecule has 0 aromatic rings. The van der Waals surface area contributed by atoms with E-state index in [1.807, 2.05) is 0 Å². The van der Waals surface area contributed by atoms with E-state index in [4.69, 9.17) is 4.74 Å². The molecule has 3 rings (SSSR count). The second-order valence-corrected chi connectivity index (χ2v) is 6.92. The molecule has 3 unspecified atom stereocenters. The monoisotopic (exact) mass is 281 g/mol. The molecule has 0 spiro atoms. The highest BCUT2D eigenvalue weighted by atomic mass is 16.5. The van der Waals surface area contributed by atoms with Crippen molar-refractivity contribution in [2.75, 3.05) is 52.9 Å². The first-order valence-electron chi connectivity index (χ1n) is 8.54. The van der Waals surface area contributed by atoms with Crippen LogP contribution >= 0.6 is 0 Å². The third kappa shape index (κ3) is 3.35. The van der Waals surface area contributed by atoms with Crippen LogP contribution in [0.4, 0.5) is 0 Å². The first-order valence-corrected chi connectivity index (χ1v) is 8.54. The van der Waals surface area contributed by atoms with E-state index in [1.165, 1.54) is 45.3 Å². The summed E-state index contributed by atoms with van der Waals surface area (Å²) in [6.07, 6.45) is 5.92. The Morgan fingerprint density at radius 1 is 1.10 bits per heavy atom. The molecule has 0 aliphatic carbocycles. The molecule has 0 radical (unpaired) electrons. The predicted molar refractivity (Wildman–Crippen MR) is 82.1 cm³/mol. The summed E-state index contributed by atoms with van der Waals surface area (Å²) in [6.45, 7) is 10.4. The molecule has 3 aliphatic heterocycles. The van der Waals surface area contributed by atoms with E-state index in [0.29, 0.717) is 6.10 Å². The van der Waals surface area contributed by atoms with Crippen LogP contribution in [0, 0.1) is 0 Å². The highest BCUT2D eigenvalue weighted by molar-refractivity contribution is 4.91. The molecule has 3 saturated heterocycles. The van der Waals surface area contributed by atoms with Crippen molar-refractivity contribution in [2.24, 2.45) is 0 Å². The van der Waals surface area contributed by atoms with Gasteiger partial charge in [-0.2, -0.15) is 0 Å². The number of piperidine rings is 1. The summed E-state index contributed by atoms with van der Waals surface area (Å²) >= 11 is 0. The van der Waals surface area contributed by atoms with Gasteiger partial charge < -0.3 is 9.64 Å². The second-order valence-electron chi connectivity index (χ2n) is 6.92. The summed E-state index contributed by atoms with van der Waals surface area (Å²) in [5.41, 5.74) is 0. The number of hydrogen-bond acceptors (Lipinski definition) is 4. The number of likely N-dealkylation sites (N-methyl/N-ethyl adjacent to an activating group) is 1. The summed E-state index contributed by atoms with van der Waals surface area (Å²) in [5, 5.41) is 0. The highest BCUT2D eigenvalue weighted by Gasteiger charge is 2.35. The Kier molecular flexibility index (Phi) is 4.97. The van der Waals surface area contributed by atoms with Crippen LogP contribution in [0.15, 0.2) is 0 Å². The number of ether oxygens (including phenoxy) is 1. The number of fused-ring (bicyclic) bond motifs is 1. The first-order chi connectivity index (χ1) is 9.76. The maximum Gasteiger partial charge on any atom is 0.0829 e. The normalized spacial score (nSPS) is 37.8. The Morgan fingerprint density at radius 2 is 2.00 bits per heavy atom. The Balaban J connectivity index is 1.58. The fourth-order valence-electron chi connectivity index (χ4n) is 4.16. The molecule has 116 valence electrons. The lowest BCUT2D eigenvalue weighted by Gasteiger charge is -2.49. The lowest BCUT2D eigenvalue weighted by Crippen LogP contribution is -2.61. The molecule has 0 aromatic carbocycles. The molecule has 3 heterocycles. The maximum atomic E-state index is 5.98. The Hall–Kier alpha value is -0.160. The van der Waals surface area contributed by atoms with Gasteiger partial charge in [0.1, 0.15) is 0 Å². The van der Waals surface area contributed by atoms with Gasteiger partial charge in [0.25, 0.3) is 0 Å². The Labute approximate surface area is 124 Å². The van der Waals surface area contributed by atoms with Crippen LogP contribution in [-0.2, 0) is 4.74 Å². The smallest absolute Gasteiger partial charge is 0.0829 e. The van der Waals surface area contributed by atoms with Gasteiger partial charge in [0.05, 0.1) is 12.7 Å². The van der Waals surface area contributed by atoms with Crippen LogP contribution in [0.3, 0.4) is 0 Å². The van der Waals surface area contributed by atoms with Crippen LogP contribution < -0.4 is 0 Å². The van der Waals surface area contributed by atoms with E-state index in [0.717, 1.165) is 38.3 Å².